The minimum absolute atomic E-state index is 0.250. The van der Waals surface area contributed by atoms with Gasteiger partial charge in [0.05, 0.1) is 12.0 Å². The number of rotatable bonds is 3. The van der Waals surface area contributed by atoms with Gasteiger partial charge in [0, 0.05) is 12.1 Å². The first-order valence-corrected chi connectivity index (χ1v) is 5.32. The van der Waals surface area contributed by atoms with Crippen molar-refractivity contribution in [1.29, 1.82) is 5.26 Å². The van der Waals surface area contributed by atoms with E-state index in [2.05, 4.69) is 31.9 Å². The Bertz CT molecular complexity index is 195. The van der Waals surface area contributed by atoms with Gasteiger partial charge >= 0.3 is 0 Å². The average molecular weight is 180 g/mol. The van der Waals surface area contributed by atoms with Crippen LogP contribution in [-0.4, -0.2) is 24.0 Å². The molecule has 3 atom stereocenters. The molecular weight excluding hydrogens is 160 g/mol. The monoisotopic (exact) mass is 180 g/mol. The van der Waals surface area contributed by atoms with Crippen molar-refractivity contribution in [3.63, 3.8) is 0 Å². The molecule has 0 N–H and O–H groups in total. The third-order valence-electron chi connectivity index (χ3n) is 3.33. The van der Waals surface area contributed by atoms with Gasteiger partial charge in [0.25, 0.3) is 0 Å². The van der Waals surface area contributed by atoms with Crippen molar-refractivity contribution in [3.05, 3.63) is 0 Å². The molecule has 0 saturated carbocycles. The second kappa shape index (κ2) is 4.62. The second-order valence-electron chi connectivity index (χ2n) is 4.18. The molecule has 0 aliphatic carbocycles. The lowest BCUT2D eigenvalue weighted by Gasteiger charge is -2.26. The fourth-order valence-electron chi connectivity index (χ4n) is 2.29. The summed E-state index contributed by atoms with van der Waals surface area (Å²) in [4.78, 5) is 2.38. The molecule has 1 unspecified atom stereocenters. The Morgan fingerprint density at radius 3 is 2.62 bits per heavy atom. The van der Waals surface area contributed by atoms with Gasteiger partial charge in [0.15, 0.2) is 0 Å². The van der Waals surface area contributed by atoms with Gasteiger partial charge in [-0.1, -0.05) is 13.3 Å². The SMILES string of the molecule is CCCC(C#N)[C@H]1CC[C@H](C)N1C. The van der Waals surface area contributed by atoms with Crippen molar-refractivity contribution < 1.29 is 0 Å². The predicted molar refractivity (Wildman–Crippen MR) is 54.3 cm³/mol. The Balaban J connectivity index is 2.55. The Hall–Kier alpha value is -0.550. The Morgan fingerprint density at radius 2 is 2.23 bits per heavy atom. The molecule has 0 aromatic rings. The van der Waals surface area contributed by atoms with Crippen LogP contribution in [0.25, 0.3) is 0 Å². The molecular formula is C11H20N2. The highest BCUT2D eigenvalue weighted by atomic mass is 15.2. The molecule has 2 nitrogen and oxygen atoms in total. The molecule has 74 valence electrons. The summed E-state index contributed by atoms with van der Waals surface area (Å²) in [6.07, 6.45) is 4.63. The molecule has 0 aromatic heterocycles. The number of hydrogen-bond donors (Lipinski definition) is 0. The molecule has 1 fully saturated rings. The number of hydrogen-bond acceptors (Lipinski definition) is 2. The van der Waals surface area contributed by atoms with Gasteiger partial charge in [-0.05, 0) is 33.2 Å². The van der Waals surface area contributed by atoms with E-state index in [0.717, 1.165) is 12.8 Å². The number of likely N-dealkylation sites (tertiary alicyclic amines) is 1. The first-order valence-electron chi connectivity index (χ1n) is 5.32. The first-order chi connectivity index (χ1) is 6.20. The zero-order valence-electron chi connectivity index (χ0n) is 8.95. The van der Waals surface area contributed by atoms with Crippen LogP contribution in [0.4, 0.5) is 0 Å². The molecule has 0 radical (unpaired) electrons. The molecule has 0 aromatic carbocycles. The van der Waals surface area contributed by atoms with E-state index in [1.54, 1.807) is 0 Å². The standard InChI is InChI=1S/C11H20N2/c1-4-5-10(8-12)11-7-6-9(2)13(11)3/h9-11H,4-7H2,1-3H3/t9-,10?,11+/m0/s1. The lowest BCUT2D eigenvalue weighted by atomic mass is 9.95. The molecule has 0 bridgehead atoms. The van der Waals surface area contributed by atoms with E-state index in [1.165, 1.54) is 12.8 Å². The molecule has 0 amide bonds. The molecule has 1 aliphatic rings. The summed E-state index contributed by atoms with van der Waals surface area (Å²) >= 11 is 0. The molecule has 13 heavy (non-hydrogen) atoms. The zero-order valence-corrected chi connectivity index (χ0v) is 8.95. The van der Waals surface area contributed by atoms with Crippen molar-refractivity contribution in [1.82, 2.24) is 4.90 Å². The van der Waals surface area contributed by atoms with Crippen molar-refractivity contribution in [2.24, 2.45) is 5.92 Å². The van der Waals surface area contributed by atoms with E-state index in [9.17, 15) is 0 Å². The highest BCUT2D eigenvalue weighted by Gasteiger charge is 2.32. The predicted octanol–water partition coefficient (Wildman–Crippen LogP) is 2.41. The van der Waals surface area contributed by atoms with E-state index in [0.29, 0.717) is 12.1 Å². The van der Waals surface area contributed by atoms with Gasteiger partial charge in [-0.15, -0.1) is 0 Å². The zero-order chi connectivity index (χ0) is 9.84. The minimum atomic E-state index is 0.250. The Labute approximate surface area is 81.5 Å². The van der Waals surface area contributed by atoms with E-state index in [1.807, 2.05) is 0 Å². The second-order valence-corrected chi connectivity index (χ2v) is 4.18. The quantitative estimate of drug-likeness (QED) is 0.667. The van der Waals surface area contributed by atoms with Crippen LogP contribution in [-0.2, 0) is 0 Å². The fourth-order valence-corrected chi connectivity index (χ4v) is 2.29. The van der Waals surface area contributed by atoms with Crippen molar-refractivity contribution in [3.8, 4) is 6.07 Å². The lowest BCUT2D eigenvalue weighted by molar-refractivity contribution is 0.210. The highest BCUT2D eigenvalue weighted by Crippen LogP contribution is 2.29. The highest BCUT2D eigenvalue weighted by molar-refractivity contribution is 4.96. The summed E-state index contributed by atoms with van der Waals surface area (Å²) in [7, 11) is 2.16. The summed E-state index contributed by atoms with van der Waals surface area (Å²) in [5.74, 6) is 0.250. The van der Waals surface area contributed by atoms with Crippen LogP contribution in [0.3, 0.4) is 0 Å². The van der Waals surface area contributed by atoms with E-state index < -0.39 is 0 Å². The van der Waals surface area contributed by atoms with E-state index in [-0.39, 0.29) is 5.92 Å². The largest absolute Gasteiger partial charge is 0.299 e. The van der Waals surface area contributed by atoms with Gasteiger partial charge in [-0.3, -0.25) is 4.90 Å². The number of nitriles is 1. The van der Waals surface area contributed by atoms with E-state index >= 15 is 0 Å². The van der Waals surface area contributed by atoms with Crippen LogP contribution in [0.15, 0.2) is 0 Å². The third kappa shape index (κ3) is 2.22. The summed E-state index contributed by atoms with van der Waals surface area (Å²) in [5.41, 5.74) is 0. The van der Waals surface area contributed by atoms with Gasteiger partial charge in [0.1, 0.15) is 0 Å². The Morgan fingerprint density at radius 1 is 1.54 bits per heavy atom. The summed E-state index contributed by atoms with van der Waals surface area (Å²) in [5, 5.41) is 9.04. The van der Waals surface area contributed by atoms with Gasteiger partial charge in [0.2, 0.25) is 0 Å². The van der Waals surface area contributed by atoms with Crippen LogP contribution >= 0.6 is 0 Å². The molecule has 1 rings (SSSR count). The fraction of sp³-hybridized carbons (Fsp3) is 0.909. The number of nitrogens with zero attached hydrogens (tertiary/aromatic N) is 2. The van der Waals surface area contributed by atoms with Gasteiger partial charge in [-0.2, -0.15) is 5.26 Å². The summed E-state index contributed by atoms with van der Waals surface area (Å²) < 4.78 is 0. The summed E-state index contributed by atoms with van der Waals surface area (Å²) in [6.45, 7) is 4.41. The van der Waals surface area contributed by atoms with E-state index in [4.69, 9.17) is 5.26 Å². The topological polar surface area (TPSA) is 27.0 Å². The minimum Gasteiger partial charge on any atom is -0.299 e. The van der Waals surface area contributed by atoms with Crippen LogP contribution in [0.1, 0.15) is 39.5 Å². The molecule has 1 saturated heterocycles. The first kappa shape index (κ1) is 10.5. The van der Waals surface area contributed by atoms with Crippen LogP contribution in [0.5, 0.6) is 0 Å². The van der Waals surface area contributed by atoms with Crippen molar-refractivity contribution in [2.75, 3.05) is 7.05 Å². The van der Waals surface area contributed by atoms with Crippen LogP contribution < -0.4 is 0 Å². The average Bonchev–Trinajstić information content (AvgIpc) is 2.45. The lowest BCUT2D eigenvalue weighted by Crippen LogP contribution is -2.35. The van der Waals surface area contributed by atoms with Crippen LogP contribution in [0, 0.1) is 17.2 Å². The molecule has 2 heteroatoms. The van der Waals surface area contributed by atoms with Crippen molar-refractivity contribution >= 4 is 0 Å². The smallest absolute Gasteiger partial charge is 0.0672 e. The summed E-state index contributed by atoms with van der Waals surface area (Å²) in [6, 6.07) is 3.63. The maximum absolute atomic E-state index is 9.04. The normalized spacial score (nSPS) is 31.5. The van der Waals surface area contributed by atoms with Crippen molar-refractivity contribution in [2.45, 2.75) is 51.6 Å². The third-order valence-corrected chi connectivity index (χ3v) is 3.33. The van der Waals surface area contributed by atoms with Gasteiger partial charge < -0.3 is 0 Å². The van der Waals surface area contributed by atoms with Crippen LogP contribution in [0.2, 0.25) is 0 Å². The maximum Gasteiger partial charge on any atom is 0.0672 e. The maximum atomic E-state index is 9.04. The molecule has 1 aliphatic heterocycles. The Kier molecular flexibility index (Phi) is 3.74. The molecule has 0 spiro atoms. The van der Waals surface area contributed by atoms with Gasteiger partial charge in [-0.25, -0.2) is 0 Å². The molecule has 1 heterocycles.